The van der Waals surface area contributed by atoms with Gasteiger partial charge in [0, 0.05) is 30.1 Å². The normalized spacial score (nSPS) is 10.9. The molecule has 0 aliphatic carbocycles. The molecule has 0 unspecified atom stereocenters. The summed E-state index contributed by atoms with van der Waals surface area (Å²) in [5, 5.41) is 14.8. The topological polar surface area (TPSA) is 103 Å². The van der Waals surface area contributed by atoms with E-state index < -0.39 is 0 Å². The van der Waals surface area contributed by atoms with Crippen LogP contribution in [0.5, 0.6) is 5.88 Å². The van der Waals surface area contributed by atoms with E-state index in [-0.39, 0.29) is 18.2 Å². The van der Waals surface area contributed by atoms with Crippen LogP contribution in [-0.2, 0) is 6.61 Å². The number of ether oxygens (including phenoxy) is 1. The second kappa shape index (κ2) is 8.60. The van der Waals surface area contributed by atoms with Crippen molar-refractivity contribution in [2.75, 3.05) is 6.54 Å². The first-order valence-corrected chi connectivity index (χ1v) is 9.07. The van der Waals surface area contributed by atoms with E-state index in [2.05, 4.69) is 25.7 Å². The highest BCUT2D eigenvalue weighted by Crippen LogP contribution is 2.25. The molecule has 0 spiro atoms. The van der Waals surface area contributed by atoms with Gasteiger partial charge in [-0.3, -0.25) is 9.78 Å². The van der Waals surface area contributed by atoms with E-state index in [4.69, 9.17) is 9.26 Å². The zero-order valence-corrected chi connectivity index (χ0v) is 16.4. The molecule has 3 rings (SSSR count). The molecule has 3 heterocycles. The van der Waals surface area contributed by atoms with Crippen molar-refractivity contribution in [3.8, 4) is 17.1 Å². The van der Waals surface area contributed by atoms with Gasteiger partial charge in [-0.2, -0.15) is 0 Å². The van der Waals surface area contributed by atoms with Crippen molar-refractivity contribution in [3.63, 3.8) is 0 Å². The fraction of sp³-hybridized carbons (Fsp3) is 0.350. The van der Waals surface area contributed by atoms with Gasteiger partial charge in [0.1, 0.15) is 18.1 Å². The molecule has 146 valence electrons. The third kappa shape index (κ3) is 4.70. The lowest BCUT2D eigenvalue weighted by Gasteiger charge is -2.08. The lowest BCUT2D eigenvalue weighted by atomic mass is 10.1. The number of pyridine rings is 1. The van der Waals surface area contributed by atoms with Crippen molar-refractivity contribution in [2.24, 2.45) is 5.92 Å². The van der Waals surface area contributed by atoms with E-state index in [0.29, 0.717) is 29.8 Å². The molecule has 8 nitrogen and oxygen atoms in total. The highest BCUT2D eigenvalue weighted by Gasteiger charge is 2.16. The molecule has 0 saturated heterocycles. The molecule has 8 heteroatoms. The molecule has 0 aliphatic heterocycles. The fourth-order valence-electron chi connectivity index (χ4n) is 2.45. The second-order valence-electron chi connectivity index (χ2n) is 6.90. The number of amides is 1. The monoisotopic (exact) mass is 381 g/mol. The van der Waals surface area contributed by atoms with E-state index >= 15 is 0 Å². The lowest BCUT2D eigenvalue weighted by molar-refractivity contribution is 0.0942. The van der Waals surface area contributed by atoms with Crippen LogP contribution in [0.15, 0.2) is 35.0 Å². The largest absolute Gasteiger partial charge is 0.472 e. The van der Waals surface area contributed by atoms with Gasteiger partial charge in [-0.1, -0.05) is 19.0 Å². The van der Waals surface area contributed by atoms with Crippen molar-refractivity contribution >= 4 is 5.91 Å². The number of carbonyl (C=O) groups is 1. The molecule has 28 heavy (non-hydrogen) atoms. The van der Waals surface area contributed by atoms with Gasteiger partial charge in [0.25, 0.3) is 5.91 Å². The minimum absolute atomic E-state index is 0.214. The van der Waals surface area contributed by atoms with E-state index in [1.165, 1.54) is 0 Å². The zero-order valence-electron chi connectivity index (χ0n) is 16.4. The van der Waals surface area contributed by atoms with Gasteiger partial charge in [0.2, 0.25) is 5.88 Å². The summed E-state index contributed by atoms with van der Waals surface area (Å²) in [5.74, 6) is 1.09. The van der Waals surface area contributed by atoms with E-state index in [9.17, 15) is 4.79 Å². The average molecular weight is 381 g/mol. The predicted octanol–water partition coefficient (Wildman–Crippen LogP) is 3.11. The minimum atomic E-state index is -0.253. The van der Waals surface area contributed by atoms with Crippen LogP contribution < -0.4 is 10.1 Å². The highest BCUT2D eigenvalue weighted by molar-refractivity contribution is 5.92. The van der Waals surface area contributed by atoms with Crippen molar-refractivity contribution in [1.29, 1.82) is 0 Å². The predicted molar refractivity (Wildman–Crippen MR) is 103 cm³/mol. The average Bonchev–Trinajstić information content (AvgIpc) is 3.06. The van der Waals surface area contributed by atoms with Gasteiger partial charge in [-0.05, 0) is 38.0 Å². The number of aromatic nitrogens is 4. The Hall–Kier alpha value is -3.29. The Morgan fingerprint density at radius 1 is 1.18 bits per heavy atom. The van der Waals surface area contributed by atoms with Gasteiger partial charge in [-0.15, -0.1) is 10.2 Å². The first kappa shape index (κ1) is 19.5. The number of hydrogen-bond acceptors (Lipinski definition) is 7. The molecule has 0 bridgehead atoms. The molecule has 0 aliphatic rings. The summed E-state index contributed by atoms with van der Waals surface area (Å²) in [6, 6.07) is 7.06. The van der Waals surface area contributed by atoms with Crippen molar-refractivity contribution in [2.45, 2.75) is 34.3 Å². The van der Waals surface area contributed by atoms with Gasteiger partial charge in [0.05, 0.1) is 5.56 Å². The zero-order chi connectivity index (χ0) is 20.1. The molecular formula is C20H23N5O3. The Kier molecular flexibility index (Phi) is 5.98. The first-order valence-electron chi connectivity index (χ1n) is 9.07. The molecule has 0 saturated carbocycles. The molecule has 1 amide bonds. The Morgan fingerprint density at radius 3 is 2.64 bits per heavy atom. The van der Waals surface area contributed by atoms with Gasteiger partial charge >= 0.3 is 0 Å². The molecule has 0 radical (unpaired) electrons. The maximum atomic E-state index is 12.0. The summed E-state index contributed by atoms with van der Waals surface area (Å²) in [6.07, 6.45) is 1.75. The van der Waals surface area contributed by atoms with Gasteiger partial charge < -0.3 is 14.6 Å². The van der Waals surface area contributed by atoms with Crippen LogP contribution in [0.3, 0.4) is 0 Å². The Bertz CT molecular complexity index is 933. The van der Waals surface area contributed by atoms with Crippen LogP contribution in [-0.4, -0.2) is 32.8 Å². The SMILES string of the molecule is Cc1ccc(-c2noc(C)c2COc2ccc(C(=O)NCC(C)C)nn2)cn1. The van der Waals surface area contributed by atoms with Crippen molar-refractivity contribution in [3.05, 3.63) is 53.2 Å². The first-order chi connectivity index (χ1) is 13.4. The third-order valence-corrected chi connectivity index (χ3v) is 4.08. The number of nitrogens with one attached hydrogen (secondary N) is 1. The number of aryl methyl sites for hydroxylation is 2. The Labute approximate surface area is 163 Å². The summed E-state index contributed by atoms with van der Waals surface area (Å²) in [4.78, 5) is 16.3. The standard InChI is InChI=1S/C20H23N5O3/c1-12(2)9-22-20(26)17-7-8-18(24-23-17)27-11-16-14(4)28-25-19(16)15-6-5-13(3)21-10-15/h5-8,10,12H,9,11H2,1-4H3,(H,22,26). The quantitative estimate of drug-likeness (QED) is 0.671. The van der Waals surface area contributed by atoms with Crippen molar-refractivity contribution < 1.29 is 14.1 Å². The lowest BCUT2D eigenvalue weighted by Crippen LogP contribution is -2.28. The molecule has 0 aromatic carbocycles. The van der Waals surface area contributed by atoms with Crippen LogP contribution in [0.25, 0.3) is 11.3 Å². The summed E-state index contributed by atoms with van der Waals surface area (Å²) in [6.45, 7) is 8.60. The Morgan fingerprint density at radius 2 is 2.00 bits per heavy atom. The maximum Gasteiger partial charge on any atom is 0.271 e. The van der Waals surface area contributed by atoms with Gasteiger partial charge in [0.15, 0.2) is 5.69 Å². The van der Waals surface area contributed by atoms with Crippen LogP contribution >= 0.6 is 0 Å². The van der Waals surface area contributed by atoms with E-state index in [0.717, 1.165) is 16.8 Å². The van der Waals surface area contributed by atoms with Crippen LogP contribution in [0.4, 0.5) is 0 Å². The summed E-state index contributed by atoms with van der Waals surface area (Å²) < 4.78 is 11.0. The molecule has 3 aromatic rings. The second-order valence-corrected chi connectivity index (χ2v) is 6.90. The third-order valence-electron chi connectivity index (χ3n) is 4.08. The Balaban J connectivity index is 1.67. The number of rotatable bonds is 7. The molecule has 1 N–H and O–H groups in total. The maximum absolute atomic E-state index is 12.0. The van der Waals surface area contributed by atoms with Crippen LogP contribution in [0, 0.1) is 19.8 Å². The number of nitrogens with zero attached hydrogens (tertiary/aromatic N) is 4. The van der Waals surface area contributed by atoms with Crippen LogP contribution in [0.1, 0.15) is 41.4 Å². The van der Waals surface area contributed by atoms with Gasteiger partial charge in [-0.25, -0.2) is 0 Å². The number of carbonyl (C=O) groups excluding carboxylic acids is 1. The molecule has 0 fully saturated rings. The smallest absolute Gasteiger partial charge is 0.271 e. The van der Waals surface area contributed by atoms with E-state index in [1.54, 1.807) is 18.3 Å². The molecule has 0 atom stereocenters. The fourth-order valence-corrected chi connectivity index (χ4v) is 2.45. The van der Waals surface area contributed by atoms with Crippen molar-refractivity contribution in [1.82, 2.24) is 25.7 Å². The molecule has 3 aromatic heterocycles. The minimum Gasteiger partial charge on any atom is -0.472 e. The van der Waals surface area contributed by atoms with Crippen LogP contribution in [0.2, 0.25) is 0 Å². The molecular weight excluding hydrogens is 358 g/mol. The number of hydrogen-bond donors (Lipinski definition) is 1. The highest BCUT2D eigenvalue weighted by atomic mass is 16.5. The summed E-state index contributed by atoms with van der Waals surface area (Å²) in [7, 11) is 0. The van der Waals surface area contributed by atoms with E-state index in [1.807, 2.05) is 39.8 Å². The summed E-state index contributed by atoms with van der Waals surface area (Å²) in [5.41, 5.74) is 3.52. The summed E-state index contributed by atoms with van der Waals surface area (Å²) >= 11 is 0.